The summed E-state index contributed by atoms with van der Waals surface area (Å²) in [6.07, 6.45) is 2.64. The number of piperidine rings is 1. The van der Waals surface area contributed by atoms with E-state index in [0.717, 1.165) is 12.8 Å². The Balaban J connectivity index is 2.01. The number of nitrogens with zero attached hydrogens (tertiary/aromatic N) is 2. The van der Waals surface area contributed by atoms with E-state index in [1.165, 1.54) is 12.1 Å². The van der Waals surface area contributed by atoms with E-state index < -0.39 is 6.04 Å². The number of amides is 2. The largest absolute Gasteiger partial charge is 0.329 e. The molecule has 4 nitrogen and oxygen atoms in total. The van der Waals surface area contributed by atoms with Crippen LogP contribution >= 0.6 is 0 Å². The Kier molecular flexibility index (Phi) is 3.43. The summed E-state index contributed by atoms with van der Waals surface area (Å²) in [5, 5.41) is 0. The zero-order chi connectivity index (χ0) is 15.1. The van der Waals surface area contributed by atoms with Gasteiger partial charge < -0.3 is 4.90 Å². The number of hydrogen-bond donors (Lipinski definition) is 0. The maximum absolute atomic E-state index is 13.3. The van der Waals surface area contributed by atoms with Gasteiger partial charge in [0.25, 0.3) is 5.91 Å². The molecule has 2 fully saturated rings. The van der Waals surface area contributed by atoms with E-state index in [4.69, 9.17) is 0 Å². The number of fused-ring (bicyclic) bond motifs is 1. The molecule has 21 heavy (non-hydrogen) atoms. The van der Waals surface area contributed by atoms with Gasteiger partial charge in [0.2, 0.25) is 5.91 Å². The smallest absolute Gasteiger partial charge is 0.250 e. The molecule has 2 heterocycles. The van der Waals surface area contributed by atoms with Crippen molar-refractivity contribution < 1.29 is 14.0 Å². The molecule has 0 aromatic heterocycles. The van der Waals surface area contributed by atoms with E-state index in [0.29, 0.717) is 24.2 Å². The Morgan fingerprint density at radius 3 is 2.67 bits per heavy atom. The van der Waals surface area contributed by atoms with E-state index >= 15 is 0 Å². The van der Waals surface area contributed by atoms with E-state index in [1.54, 1.807) is 29.7 Å². The highest BCUT2D eigenvalue weighted by atomic mass is 19.1. The first-order chi connectivity index (χ1) is 10.0. The number of piperazine rings is 1. The van der Waals surface area contributed by atoms with Crippen LogP contribution in [0.4, 0.5) is 10.1 Å². The van der Waals surface area contributed by atoms with Crippen LogP contribution in [0.25, 0.3) is 0 Å². The Bertz CT molecular complexity index is 602. The van der Waals surface area contributed by atoms with Gasteiger partial charge in [-0.05, 0) is 56.9 Å². The number of hydrogen-bond acceptors (Lipinski definition) is 2. The van der Waals surface area contributed by atoms with Gasteiger partial charge in [-0.2, -0.15) is 0 Å². The van der Waals surface area contributed by atoms with Crippen LogP contribution in [0.15, 0.2) is 18.2 Å². The maximum atomic E-state index is 13.3. The highest BCUT2D eigenvalue weighted by molar-refractivity contribution is 6.08. The SMILES string of the molecule is Cc1cc(F)ccc1N1C(=O)C2CCCCN2C(=O)C1C. The molecule has 2 atom stereocenters. The Labute approximate surface area is 123 Å². The normalized spacial score (nSPS) is 26.0. The van der Waals surface area contributed by atoms with E-state index in [-0.39, 0.29) is 23.7 Å². The first-order valence-electron chi connectivity index (χ1n) is 7.40. The monoisotopic (exact) mass is 290 g/mol. The van der Waals surface area contributed by atoms with Crippen molar-refractivity contribution in [1.29, 1.82) is 0 Å². The molecule has 112 valence electrons. The number of rotatable bonds is 1. The lowest BCUT2D eigenvalue weighted by atomic mass is 9.95. The van der Waals surface area contributed by atoms with Crippen LogP contribution in [0, 0.1) is 12.7 Å². The summed E-state index contributed by atoms with van der Waals surface area (Å²) in [6.45, 7) is 4.17. The molecule has 0 saturated carbocycles. The lowest BCUT2D eigenvalue weighted by Gasteiger charge is -2.46. The van der Waals surface area contributed by atoms with Gasteiger partial charge in [-0.15, -0.1) is 0 Å². The quantitative estimate of drug-likeness (QED) is 0.796. The first-order valence-corrected chi connectivity index (χ1v) is 7.40. The molecule has 2 aliphatic heterocycles. The van der Waals surface area contributed by atoms with Crippen LogP contribution in [0.3, 0.4) is 0 Å². The van der Waals surface area contributed by atoms with Crippen molar-refractivity contribution in [2.45, 2.75) is 45.2 Å². The lowest BCUT2D eigenvalue weighted by Crippen LogP contribution is -2.65. The molecule has 2 aliphatic rings. The molecular formula is C16H19FN2O2. The molecule has 1 aromatic carbocycles. The number of aryl methyl sites for hydroxylation is 1. The van der Waals surface area contributed by atoms with Gasteiger partial charge in [0.15, 0.2) is 0 Å². The second-order valence-electron chi connectivity index (χ2n) is 5.86. The van der Waals surface area contributed by atoms with Crippen molar-refractivity contribution in [3.05, 3.63) is 29.6 Å². The van der Waals surface area contributed by atoms with Crippen molar-refractivity contribution >= 4 is 17.5 Å². The summed E-state index contributed by atoms with van der Waals surface area (Å²) < 4.78 is 13.3. The zero-order valence-electron chi connectivity index (χ0n) is 12.3. The molecular weight excluding hydrogens is 271 g/mol. The van der Waals surface area contributed by atoms with Crippen LogP contribution in [-0.4, -0.2) is 35.3 Å². The molecule has 2 unspecified atom stereocenters. The fraction of sp³-hybridized carbons (Fsp3) is 0.500. The van der Waals surface area contributed by atoms with Crippen molar-refractivity contribution in [3.8, 4) is 0 Å². The van der Waals surface area contributed by atoms with Gasteiger partial charge >= 0.3 is 0 Å². The van der Waals surface area contributed by atoms with E-state index in [1.807, 2.05) is 0 Å². The Morgan fingerprint density at radius 1 is 1.19 bits per heavy atom. The highest BCUT2D eigenvalue weighted by Gasteiger charge is 2.45. The third kappa shape index (κ3) is 2.20. The van der Waals surface area contributed by atoms with Crippen molar-refractivity contribution in [3.63, 3.8) is 0 Å². The van der Waals surface area contributed by atoms with Crippen LogP contribution in [0.5, 0.6) is 0 Å². The van der Waals surface area contributed by atoms with E-state index in [2.05, 4.69) is 0 Å². The van der Waals surface area contributed by atoms with Crippen LogP contribution < -0.4 is 4.90 Å². The predicted molar refractivity (Wildman–Crippen MR) is 77.4 cm³/mol. The highest BCUT2D eigenvalue weighted by Crippen LogP contribution is 2.31. The first kappa shape index (κ1) is 14.0. The van der Waals surface area contributed by atoms with Gasteiger partial charge in [-0.25, -0.2) is 4.39 Å². The maximum Gasteiger partial charge on any atom is 0.250 e. The second kappa shape index (κ2) is 5.13. The summed E-state index contributed by atoms with van der Waals surface area (Å²) in [5.41, 5.74) is 1.31. The van der Waals surface area contributed by atoms with Gasteiger partial charge in [0, 0.05) is 12.2 Å². The van der Waals surface area contributed by atoms with Crippen molar-refractivity contribution in [2.24, 2.45) is 0 Å². The number of benzene rings is 1. The summed E-state index contributed by atoms with van der Waals surface area (Å²) in [6, 6.07) is 3.43. The van der Waals surface area contributed by atoms with Crippen molar-refractivity contribution in [2.75, 3.05) is 11.4 Å². The van der Waals surface area contributed by atoms with Crippen molar-refractivity contribution in [1.82, 2.24) is 4.90 Å². The topological polar surface area (TPSA) is 40.6 Å². The number of anilines is 1. The number of halogens is 1. The minimum Gasteiger partial charge on any atom is -0.329 e. The Morgan fingerprint density at radius 2 is 1.95 bits per heavy atom. The summed E-state index contributed by atoms with van der Waals surface area (Å²) in [7, 11) is 0. The van der Waals surface area contributed by atoms with Gasteiger partial charge in [-0.1, -0.05) is 0 Å². The fourth-order valence-electron chi connectivity index (χ4n) is 3.37. The average molecular weight is 290 g/mol. The molecule has 2 amide bonds. The van der Waals surface area contributed by atoms with Gasteiger partial charge in [0.05, 0.1) is 0 Å². The average Bonchev–Trinajstić information content (AvgIpc) is 2.47. The number of carbonyl (C=O) groups is 2. The molecule has 0 N–H and O–H groups in total. The standard InChI is InChI=1S/C16H19FN2O2/c1-10-9-12(17)6-7-13(10)19-11(2)15(20)18-8-4-3-5-14(18)16(19)21/h6-7,9,11,14H,3-5,8H2,1-2H3. The van der Waals surface area contributed by atoms with Crippen LogP contribution in [-0.2, 0) is 9.59 Å². The molecule has 3 rings (SSSR count). The molecule has 2 saturated heterocycles. The van der Waals surface area contributed by atoms with Gasteiger partial charge in [0.1, 0.15) is 17.9 Å². The molecule has 5 heteroatoms. The Hall–Kier alpha value is -1.91. The third-order valence-corrected chi connectivity index (χ3v) is 4.47. The summed E-state index contributed by atoms with van der Waals surface area (Å²) >= 11 is 0. The summed E-state index contributed by atoms with van der Waals surface area (Å²) in [4.78, 5) is 28.6. The minimum atomic E-state index is -0.531. The second-order valence-corrected chi connectivity index (χ2v) is 5.86. The molecule has 1 aromatic rings. The molecule has 0 spiro atoms. The lowest BCUT2D eigenvalue weighted by molar-refractivity contribution is -0.147. The molecule has 0 aliphatic carbocycles. The summed E-state index contributed by atoms with van der Waals surface area (Å²) in [5.74, 6) is -0.390. The molecule has 0 bridgehead atoms. The number of carbonyl (C=O) groups excluding carboxylic acids is 2. The minimum absolute atomic E-state index is 0.0111. The van der Waals surface area contributed by atoms with Gasteiger partial charge in [-0.3, -0.25) is 14.5 Å². The fourth-order valence-corrected chi connectivity index (χ4v) is 3.37. The molecule has 0 radical (unpaired) electrons. The predicted octanol–water partition coefficient (Wildman–Crippen LogP) is 2.25. The van der Waals surface area contributed by atoms with Crippen LogP contribution in [0.2, 0.25) is 0 Å². The van der Waals surface area contributed by atoms with E-state index in [9.17, 15) is 14.0 Å². The van der Waals surface area contributed by atoms with Crippen LogP contribution in [0.1, 0.15) is 31.7 Å². The zero-order valence-corrected chi connectivity index (χ0v) is 12.3. The third-order valence-electron chi connectivity index (χ3n) is 4.47.